The Kier molecular flexibility index (Phi) is 3.26. The van der Waals surface area contributed by atoms with E-state index in [1.165, 1.54) is 11.0 Å². The molecule has 1 N–H and O–H groups in total. The molecule has 0 spiro atoms. The number of anilines is 1. The highest BCUT2D eigenvalue weighted by molar-refractivity contribution is 6.03. The molecule has 102 valence electrons. The average molecular weight is 268 g/mol. The van der Waals surface area contributed by atoms with Crippen LogP contribution in [0, 0.1) is 11.6 Å². The number of nitrogens with one attached hydrogen (secondary N) is 1. The molecule has 1 fully saturated rings. The van der Waals surface area contributed by atoms with Gasteiger partial charge in [-0.3, -0.25) is 9.59 Å². The van der Waals surface area contributed by atoms with Crippen molar-refractivity contribution in [3.8, 4) is 0 Å². The monoisotopic (exact) mass is 268 g/mol. The molecule has 0 aliphatic carbocycles. The van der Waals surface area contributed by atoms with Crippen LogP contribution in [0.5, 0.6) is 0 Å². The Bertz CT molecular complexity index is 543. The highest BCUT2D eigenvalue weighted by Crippen LogP contribution is 2.23. The first-order valence-corrected chi connectivity index (χ1v) is 5.89. The van der Waals surface area contributed by atoms with Crippen LogP contribution < -0.4 is 10.2 Å². The molecule has 0 bridgehead atoms. The lowest BCUT2D eigenvalue weighted by atomic mass is 10.0. The standard InChI is InChI=1S/C13H14F2N2O2/c1-13(2)12(19)17(6-5-11(18)16-13)8-3-4-9(14)10(15)7-8/h3-4,7H,5-6H2,1-2H3,(H,16,18). The van der Waals surface area contributed by atoms with Crippen LogP contribution in [0.2, 0.25) is 0 Å². The van der Waals surface area contributed by atoms with Crippen LogP contribution in [0.1, 0.15) is 20.3 Å². The SMILES string of the molecule is CC1(C)NC(=O)CCN(c2ccc(F)c(F)c2)C1=O. The molecule has 1 aromatic carbocycles. The first-order valence-electron chi connectivity index (χ1n) is 5.89. The fraction of sp³-hybridized carbons (Fsp3) is 0.385. The highest BCUT2D eigenvalue weighted by atomic mass is 19.2. The molecule has 2 amide bonds. The number of amides is 2. The average Bonchev–Trinajstić information content (AvgIpc) is 2.41. The first-order chi connectivity index (χ1) is 8.81. The smallest absolute Gasteiger partial charge is 0.252 e. The number of carbonyl (C=O) groups is 2. The molecule has 6 heteroatoms. The molecule has 0 aromatic heterocycles. The van der Waals surface area contributed by atoms with Gasteiger partial charge < -0.3 is 10.2 Å². The molecule has 4 nitrogen and oxygen atoms in total. The van der Waals surface area contributed by atoms with Crippen molar-refractivity contribution in [1.29, 1.82) is 0 Å². The maximum absolute atomic E-state index is 13.2. The van der Waals surface area contributed by atoms with Gasteiger partial charge in [0.1, 0.15) is 5.54 Å². The van der Waals surface area contributed by atoms with Gasteiger partial charge in [-0.25, -0.2) is 8.78 Å². The zero-order valence-corrected chi connectivity index (χ0v) is 10.7. The summed E-state index contributed by atoms with van der Waals surface area (Å²) in [7, 11) is 0. The minimum absolute atomic E-state index is 0.119. The third-order valence-corrected chi connectivity index (χ3v) is 3.01. The van der Waals surface area contributed by atoms with Crippen LogP contribution in [0.15, 0.2) is 18.2 Å². The summed E-state index contributed by atoms with van der Waals surface area (Å²) < 4.78 is 26.1. The number of hydrogen-bond acceptors (Lipinski definition) is 2. The summed E-state index contributed by atoms with van der Waals surface area (Å²) in [6.07, 6.45) is 0.119. The van der Waals surface area contributed by atoms with Crippen molar-refractivity contribution in [1.82, 2.24) is 5.32 Å². The number of carbonyl (C=O) groups excluding carboxylic acids is 2. The fourth-order valence-corrected chi connectivity index (χ4v) is 2.02. The molecule has 0 unspecified atom stereocenters. The maximum Gasteiger partial charge on any atom is 0.252 e. The van der Waals surface area contributed by atoms with Crippen LogP contribution in [0.25, 0.3) is 0 Å². The number of benzene rings is 1. The second-order valence-corrected chi connectivity index (χ2v) is 4.98. The summed E-state index contributed by atoms with van der Waals surface area (Å²) in [6.45, 7) is 3.29. The zero-order chi connectivity index (χ0) is 14.2. The third kappa shape index (κ3) is 2.57. The van der Waals surface area contributed by atoms with Gasteiger partial charge in [0, 0.05) is 24.7 Å². The molecule has 1 heterocycles. The zero-order valence-electron chi connectivity index (χ0n) is 10.7. The number of halogens is 2. The van der Waals surface area contributed by atoms with E-state index < -0.39 is 17.2 Å². The van der Waals surface area contributed by atoms with Crippen molar-refractivity contribution in [2.75, 3.05) is 11.4 Å². The van der Waals surface area contributed by atoms with E-state index in [1.54, 1.807) is 13.8 Å². The summed E-state index contributed by atoms with van der Waals surface area (Å²) in [4.78, 5) is 25.1. The Labute approximate surface area is 109 Å². The van der Waals surface area contributed by atoms with Gasteiger partial charge in [0.25, 0.3) is 5.91 Å². The number of nitrogens with zero attached hydrogens (tertiary/aromatic N) is 1. The maximum atomic E-state index is 13.2. The van der Waals surface area contributed by atoms with E-state index in [1.807, 2.05) is 0 Å². The molecule has 1 aliphatic rings. The van der Waals surface area contributed by atoms with Crippen molar-refractivity contribution < 1.29 is 18.4 Å². The Balaban J connectivity index is 2.39. The predicted molar refractivity (Wildman–Crippen MR) is 65.5 cm³/mol. The normalized spacial score (nSPS) is 19.1. The van der Waals surface area contributed by atoms with E-state index in [-0.39, 0.29) is 30.5 Å². The number of hydrogen-bond donors (Lipinski definition) is 1. The van der Waals surface area contributed by atoms with Crippen molar-refractivity contribution in [3.63, 3.8) is 0 Å². The summed E-state index contributed by atoms with van der Waals surface area (Å²) >= 11 is 0. The fourth-order valence-electron chi connectivity index (χ4n) is 2.02. The van der Waals surface area contributed by atoms with E-state index in [9.17, 15) is 18.4 Å². The molecule has 19 heavy (non-hydrogen) atoms. The van der Waals surface area contributed by atoms with E-state index in [0.717, 1.165) is 12.1 Å². The predicted octanol–water partition coefficient (Wildman–Crippen LogP) is 1.60. The van der Waals surface area contributed by atoms with E-state index in [4.69, 9.17) is 0 Å². The molecule has 0 radical (unpaired) electrons. The Morgan fingerprint density at radius 1 is 1.21 bits per heavy atom. The molecule has 0 atom stereocenters. The van der Waals surface area contributed by atoms with Crippen molar-refractivity contribution >= 4 is 17.5 Å². The lowest BCUT2D eigenvalue weighted by molar-refractivity contribution is -0.128. The second kappa shape index (κ2) is 4.60. The molecular formula is C13H14F2N2O2. The van der Waals surface area contributed by atoms with Crippen molar-refractivity contribution in [2.24, 2.45) is 0 Å². The first kappa shape index (κ1) is 13.5. The van der Waals surface area contributed by atoms with Crippen LogP contribution in [0.3, 0.4) is 0 Å². The van der Waals surface area contributed by atoms with Crippen LogP contribution in [-0.2, 0) is 9.59 Å². The number of rotatable bonds is 1. The van der Waals surface area contributed by atoms with Crippen LogP contribution >= 0.6 is 0 Å². The molecule has 1 aliphatic heterocycles. The van der Waals surface area contributed by atoms with E-state index in [0.29, 0.717) is 0 Å². The van der Waals surface area contributed by atoms with Gasteiger partial charge in [0.2, 0.25) is 5.91 Å². The van der Waals surface area contributed by atoms with Crippen LogP contribution in [-0.4, -0.2) is 23.9 Å². The highest BCUT2D eigenvalue weighted by Gasteiger charge is 2.37. The molecule has 0 saturated carbocycles. The summed E-state index contributed by atoms with van der Waals surface area (Å²) in [5.41, 5.74) is -0.827. The topological polar surface area (TPSA) is 49.4 Å². The Hall–Kier alpha value is -1.98. The van der Waals surface area contributed by atoms with Crippen molar-refractivity contribution in [3.05, 3.63) is 29.8 Å². The van der Waals surface area contributed by atoms with Gasteiger partial charge in [-0.2, -0.15) is 0 Å². The van der Waals surface area contributed by atoms with Crippen molar-refractivity contribution in [2.45, 2.75) is 25.8 Å². The summed E-state index contributed by atoms with van der Waals surface area (Å²) in [5.74, 6) is -2.60. The van der Waals surface area contributed by atoms with Gasteiger partial charge in [-0.15, -0.1) is 0 Å². The minimum atomic E-state index is -1.07. The molecule has 1 saturated heterocycles. The Morgan fingerprint density at radius 3 is 2.53 bits per heavy atom. The van der Waals surface area contributed by atoms with Gasteiger partial charge in [-0.05, 0) is 26.0 Å². The largest absolute Gasteiger partial charge is 0.342 e. The Morgan fingerprint density at radius 2 is 1.89 bits per heavy atom. The van der Waals surface area contributed by atoms with Gasteiger partial charge in [-0.1, -0.05) is 0 Å². The molecular weight excluding hydrogens is 254 g/mol. The van der Waals surface area contributed by atoms with Gasteiger partial charge in [0.05, 0.1) is 0 Å². The molecule has 1 aromatic rings. The second-order valence-electron chi connectivity index (χ2n) is 4.98. The van der Waals surface area contributed by atoms with Gasteiger partial charge >= 0.3 is 0 Å². The van der Waals surface area contributed by atoms with E-state index in [2.05, 4.69) is 5.32 Å². The summed E-state index contributed by atoms with van der Waals surface area (Å²) in [5, 5.41) is 2.60. The third-order valence-electron chi connectivity index (χ3n) is 3.01. The van der Waals surface area contributed by atoms with E-state index >= 15 is 0 Å². The van der Waals surface area contributed by atoms with Gasteiger partial charge in [0.15, 0.2) is 11.6 Å². The van der Waals surface area contributed by atoms with Crippen LogP contribution in [0.4, 0.5) is 14.5 Å². The lowest BCUT2D eigenvalue weighted by Gasteiger charge is -2.28. The summed E-state index contributed by atoms with van der Waals surface area (Å²) in [6, 6.07) is 3.24. The quantitative estimate of drug-likeness (QED) is 0.841. The minimum Gasteiger partial charge on any atom is -0.342 e. The molecule has 2 rings (SSSR count). The lowest BCUT2D eigenvalue weighted by Crippen LogP contribution is -2.53.